The van der Waals surface area contributed by atoms with Gasteiger partial charge >= 0.3 is 0 Å². The van der Waals surface area contributed by atoms with E-state index in [-0.39, 0.29) is 0 Å². The minimum Gasteiger partial charge on any atom is -0.476 e. The molecule has 4 heteroatoms. The van der Waals surface area contributed by atoms with Crippen LogP contribution in [0.2, 0.25) is 0 Å². The lowest BCUT2D eigenvalue weighted by atomic mass is 9.83. The Hall–Kier alpha value is -1.16. The van der Waals surface area contributed by atoms with Crippen LogP contribution in [0.3, 0.4) is 0 Å². The van der Waals surface area contributed by atoms with Gasteiger partial charge in [0.1, 0.15) is 0 Å². The third-order valence-corrected chi connectivity index (χ3v) is 3.49. The van der Waals surface area contributed by atoms with E-state index in [1.165, 1.54) is 25.7 Å². The van der Waals surface area contributed by atoms with E-state index in [9.17, 15) is 0 Å². The Balaban J connectivity index is 1.88. The summed E-state index contributed by atoms with van der Waals surface area (Å²) in [4.78, 5) is 0. The van der Waals surface area contributed by atoms with Crippen LogP contribution in [0.4, 0.5) is 0 Å². The van der Waals surface area contributed by atoms with Crippen LogP contribution in [-0.2, 0) is 6.54 Å². The molecular weight excluding hydrogens is 214 g/mol. The van der Waals surface area contributed by atoms with Gasteiger partial charge in [-0.15, -0.1) is 5.10 Å². The molecule has 1 aromatic rings. The molecule has 17 heavy (non-hydrogen) atoms. The Morgan fingerprint density at radius 1 is 1.47 bits per heavy atom. The number of hydrogen-bond acceptors (Lipinski definition) is 4. The summed E-state index contributed by atoms with van der Waals surface area (Å²) in [7, 11) is 0. The molecule has 0 aliphatic heterocycles. The molecule has 94 valence electrons. The van der Waals surface area contributed by atoms with Crippen molar-refractivity contribution in [2.75, 3.05) is 6.61 Å². The van der Waals surface area contributed by atoms with E-state index in [4.69, 9.17) is 10.5 Å². The molecule has 0 aromatic carbocycles. The molecule has 1 heterocycles. The highest BCUT2D eigenvalue weighted by Crippen LogP contribution is 2.29. The van der Waals surface area contributed by atoms with Crippen molar-refractivity contribution in [1.82, 2.24) is 10.2 Å². The summed E-state index contributed by atoms with van der Waals surface area (Å²) in [5.41, 5.74) is 6.57. The zero-order chi connectivity index (χ0) is 12.1. The van der Waals surface area contributed by atoms with Crippen molar-refractivity contribution in [2.24, 2.45) is 17.6 Å². The van der Waals surface area contributed by atoms with Crippen LogP contribution in [0, 0.1) is 11.8 Å². The van der Waals surface area contributed by atoms with E-state index in [1.54, 1.807) is 6.20 Å². The van der Waals surface area contributed by atoms with Crippen LogP contribution in [0.15, 0.2) is 12.3 Å². The fourth-order valence-corrected chi connectivity index (χ4v) is 2.53. The van der Waals surface area contributed by atoms with Gasteiger partial charge in [-0.2, -0.15) is 5.10 Å². The second kappa shape index (κ2) is 5.96. The maximum absolute atomic E-state index is 5.76. The van der Waals surface area contributed by atoms with Crippen molar-refractivity contribution in [3.05, 3.63) is 17.8 Å². The predicted molar refractivity (Wildman–Crippen MR) is 66.5 cm³/mol. The van der Waals surface area contributed by atoms with Gasteiger partial charge in [0.25, 0.3) is 0 Å². The van der Waals surface area contributed by atoms with Crippen LogP contribution in [-0.4, -0.2) is 16.8 Å². The highest BCUT2D eigenvalue weighted by molar-refractivity contribution is 5.22. The average molecular weight is 235 g/mol. The van der Waals surface area contributed by atoms with E-state index >= 15 is 0 Å². The number of rotatable bonds is 4. The number of aromatic nitrogens is 2. The van der Waals surface area contributed by atoms with E-state index in [0.717, 1.165) is 18.1 Å². The van der Waals surface area contributed by atoms with Crippen LogP contribution in [0.5, 0.6) is 5.88 Å². The third-order valence-electron chi connectivity index (χ3n) is 3.49. The molecule has 0 saturated heterocycles. The predicted octanol–water partition coefficient (Wildman–Crippen LogP) is 2.14. The van der Waals surface area contributed by atoms with Gasteiger partial charge in [0.05, 0.1) is 12.8 Å². The molecule has 1 aromatic heterocycles. The fraction of sp³-hybridized carbons (Fsp3) is 0.692. The summed E-state index contributed by atoms with van der Waals surface area (Å²) >= 11 is 0. The standard InChI is InChI=1S/C13H21N3O/c1-10-3-2-4-11(7-10)9-17-13-12(8-14)5-6-15-16-13/h5-6,10-11H,2-4,7-9,14H2,1H3. The molecular formula is C13H21N3O. The summed E-state index contributed by atoms with van der Waals surface area (Å²) in [6, 6.07) is 1.87. The normalized spacial score (nSPS) is 24.6. The van der Waals surface area contributed by atoms with Gasteiger partial charge in [0.2, 0.25) is 5.88 Å². The van der Waals surface area contributed by atoms with E-state index in [1.807, 2.05) is 6.07 Å². The largest absolute Gasteiger partial charge is 0.476 e. The van der Waals surface area contributed by atoms with Crippen molar-refractivity contribution >= 4 is 0 Å². The summed E-state index contributed by atoms with van der Waals surface area (Å²) < 4.78 is 5.76. The second-order valence-corrected chi connectivity index (χ2v) is 5.01. The lowest BCUT2D eigenvalue weighted by molar-refractivity contribution is 0.175. The Morgan fingerprint density at radius 2 is 2.35 bits per heavy atom. The topological polar surface area (TPSA) is 61.0 Å². The molecule has 1 saturated carbocycles. The first-order valence-corrected chi connectivity index (χ1v) is 6.43. The van der Waals surface area contributed by atoms with Gasteiger partial charge in [-0.1, -0.05) is 19.8 Å². The Bertz CT molecular complexity index is 356. The van der Waals surface area contributed by atoms with Gasteiger partial charge in [0.15, 0.2) is 0 Å². The molecule has 4 nitrogen and oxygen atoms in total. The van der Waals surface area contributed by atoms with E-state index in [2.05, 4.69) is 17.1 Å². The minimum atomic E-state index is 0.450. The van der Waals surface area contributed by atoms with Gasteiger partial charge in [-0.3, -0.25) is 0 Å². The first-order chi connectivity index (χ1) is 8.29. The van der Waals surface area contributed by atoms with Gasteiger partial charge in [-0.05, 0) is 30.7 Å². The monoisotopic (exact) mass is 235 g/mol. The molecule has 2 unspecified atom stereocenters. The minimum absolute atomic E-state index is 0.450. The van der Waals surface area contributed by atoms with E-state index < -0.39 is 0 Å². The molecule has 0 amide bonds. The summed E-state index contributed by atoms with van der Waals surface area (Å²) in [6.45, 7) is 3.52. The van der Waals surface area contributed by atoms with Crippen LogP contribution >= 0.6 is 0 Å². The van der Waals surface area contributed by atoms with Crippen LogP contribution in [0.1, 0.15) is 38.2 Å². The van der Waals surface area contributed by atoms with E-state index in [0.29, 0.717) is 18.3 Å². The number of nitrogens with two attached hydrogens (primary N) is 1. The highest BCUT2D eigenvalue weighted by atomic mass is 16.5. The molecule has 1 aliphatic carbocycles. The van der Waals surface area contributed by atoms with Crippen molar-refractivity contribution in [1.29, 1.82) is 0 Å². The maximum atomic E-state index is 5.76. The molecule has 2 atom stereocenters. The zero-order valence-electron chi connectivity index (χ0n) is 10.4. The Kier molecular flexibility index (Phi) is 4.31. The van der Waals surface area contributed by atoms with Crippen molar-refractivity contribution in [3.63, 3.8) is 0 Å². The smallest absolute Gasteiger partial charge is 0.237 e. The molecule has 0 radical (unpaired) electrons. The molecule has 1 aliphatic rings. The van der Waals surface area contributed by atoms with Crippen LogP contribution in [0.25, 0.3) is 0 Å². The molecule has 0 bridgehead atoms. The average Bonchev–Trinajstić information content (AvgIpc) is 2.37. The molecule has 2 N–H and O–H groups in total. The van der Waals surface area contributed by atoms with Gasteiger partial charge < -0.3 is 10.5 Å². The van der Waals surface area contributed by atoms with Crippen molar-refractivity contribution in [3.8, 4) is 5.88 Å². The third kappa shape index (κ3) is 3.40. The summed E-state index contributed by atoms with van der Waals surface area (Å²) in [5.74, 6) is 2.09. The highest BCUT2D eigenvalue weighted by Gasteiger charge is 2.19. The lowest BCUT2D eigenvalue weighted by Gasteiger charge is -2.26. The molecule has 1 fully saturated rings. The Morgan fingerprint density at radius 3 is 3.12 bits per heavy atom. The van der Waals surface area contributed by atoms with Gasteiger partial charge in [0, 0.05) is 12.1 Å². The SMILES string of the molecule is CC1CCCC(COc2nnccc2CN)C1. The maximum Gasteiger partial charge on any atom is 0.237 e. The van der Waals surface area contributed by atoms with Crippen molar-refractivity contribution < 1.29 is 4.74 Å². The number of hydrogen-bond donors (Lipinski definition) is 1. The number of ether oxygens (including phenoxy) is 1. The first-order valence-electron chi connectivity index (χ1n) is 6.43. The van der Waals surface area contributed by atoms with Crippen LogP contribution < -0.4 is 10.5 Å². The number of nitrogens with zero attached hydrogens (tertiary/aromatic N) is 2. The fourth-order valence-electron chi connectivity index (χ4n) is 2.53. The van der Waals surface area contributed by atoms with Crippen molar-refractivity contribution in [2.45, 2.75) is 39.2 Å². The lowest BCUT2D eigenvalue weighted by Crippen LogP contribution is -2.20. The summed E-state index contributed by atoms with van der Waals surface area (Å²) in [5, 5.41) is 7.84. The zero-order valence-corrected chi connectivity index (χ0v) is 10.4. The summed E-state index contributed by atoms with van der Waals surface area (Å²) in [6.07, 6.45) is 6.85. The second-order valence-electron chi connectivity index (χ2n) is 5.01. The molecule has 2 rings (SSSR count). The quantitative estimate of drug-likeness (QED) is 0.868. The van der Waals surface area contributed by atoms with Gasteiger partial charge in [-0.25, -0.2) is 0 Å². The molecule has 0 spiro atoms. The first kappa shape index (κ1) is 12.3. The Labute approximate surface area is 103 Å².